The van der Waals surface area contributed by atoms with E-state index in [2.05, 4.69) is 34.6 Å². The van der Waals surface area contributed by atoms with Crippen LogP contribution in [0.15, 0.2) is 42.6 Å². The number of hydrogen-bond acceptors (Lipinski definition) is 5. The van der Waals surface area contributed by atoms with Crippen molar-refractivity contribution < 1.29 is 9.53 Å². The first kappa shape index (κ1) is 19.7. The van der Waals surface area contributed by atoms with E-state index < -0.39 is 0 Å². The highest BCUT2D eigenvalue weighted by Gasteiger charge is 2.07. The van der Waals surface area contributed by atoms with Gasteiger partial charge in [0.05, 0.1) is 7.11 Å². The van der Waals surface area contributed by atoms with Crippen LogP contribution in [0.3, 0.4) is 0 Å². The zero-order chi connectivity index (χ0) is 18.8. The fraction of sp³-hybridized carbons (Fsp3) is 0.400. The summed E-state index contributed by atoms with van der Waals surface area (Å²) in [4.78, 5) is 18.6. The van der Waals surface area contributed by atoms with Crippen molar-refractivity contribution in [1.29, 1.82) is 0 Å². The second kappa shape index (κ2) is 10.4. The molecule has 2 rings (SSSR count). The summed E-state index contributed by atoms with van der Waals surface area (Å²) in [5, 5.41) is 6.25. The van der Waals surface area contributed by atoms with Crippen LogP contribution >= 0.6 is 0 Å². The molecule has 6 nitrogen and oxygen atoms in total. The van der Waals surface area contributed by atoms with Crippen molar-refractivity contribution in [1.82, 2.24) is 15.2 Å². The van der Waals surface area contributed by atoms with Gasteiger partial charge in [0, 0.05) is 25.0 Å². The van der Waals surface area contributed by atoms with E-state index >= 15 is 0 Å². The lowest BCUT2D eigenvalue weighted by Gasteiger charge is -2.11. The minimum atomic E-state index is -0.162. The van der Waals surface area contributed by atoms with Gasteiger partial charge in [0.1, 0.15) is 11.4 Å². The van der Waals surface area contributed by atoms with Gasteiger partial charge < -0.3 is 20.3 Å². The van der Waals surface area contributed by atoms with Gasteiger partial charge in [-0.2, -0.15) is 0 Å². The number of carbonyl (C=O) groups is 1. The number of anilines is 1. The molecule has 26 heavy (non-hydrogen) atoms. The first-order valence-electron chi connectivity index (χ1n) is 8.84. The Morgan fingerprint density at radius 1 is 1.19 bits per heavy atom. The van der Waals surface area contributed by atoms with Gasteiger partial charge in [0.15, 0.2) is 0 Å². The minimum absolute atomic E-state index is 0.162. The summed E-state index contributed by atoms with van der Waals surface area (Å²) in [7, 11) is 5.76. The summed E-state index contributed by atoms with van der Waals surface area (Å²) in [6.07, 6.45) is 3.44. The lowest BCUT2D eigenvalue weighted by Crippen LogP contribution is -2.26. The Hall–Kier alpha value is -2.60. The third-order valence-electron chi connectivity index (χ3n) is 3.94. The van der Waals surface area contributed by atoms with E-state index in [-0.39, 0.29) is 5.91 Å². The second-order valence-electron chi connectivity index (χ2n) is 6.37. The summed E-state index contributed by atoms with van der Waals surface area (Å²) in [6.45, 7) is 2.43. The third-order valence-corrected chi connectivity index (χ3v) is 3.94. The molecule has 0 aliphatic heterocycles. The highest BCUT2D eigenvalue weighted by atomic mass is 16.5. The van der Waals surface area contributed by atoms with Crippen LogP contribution < -0.4 is 15.4 Å². The number of carbonyl (C=O) groups excluding carboxylic acids is 1. The average Bonchev–Trinajstić information content (AvgIpc) is 2.65. The lowest BCUT2D eigenvalue weighted by atomic mass is 10.1. The number of nitrogens with zero attached hydrogens (tertiary/aromatic N) is 2. The summed E-state index contributed by atoms with van der Waals surface area (Å²) in [6, 6.07) is 11.5. The molecule has 2 aromatic rings. The van der Waals surface area contributed by atoms with Crippen LogP contribution in [-0.4, -0.2) is 56.6 Å². The van der Waals surface area contributed by atoms with Gasteiger partial charge >= 0.3 is 0 Å². The zero-order valence-electron chi connectivity index (χ0n) is 15.8. The Labute approximate surface area is 155 Å². The molecule has 1 aromatic heterocycles. The Bertz CT molecular complexity index is 704. The highest BCUT2D eigenvalue weighted by Crippen LogP contribution is 2.13. The summed E-state index contributed by atoms with van der Waals surface area (Å²) >= 11 is 0. The van der Waals surface area contributed by atoms with E-state index in [1.54, 1.807) is 19.4 Å². The zero-order valence-corrected chi connectivity index (χ0v) is 15.8. The van der Waals surface area contributed by atoms with E-state index in [9.17, 15) is 4.79 Å². The van der Waals surface area contributed by atoms with Crippen molar-refractivity contribution in [3.05, 3.63) is 53.9 Å². The number of aromatic nitrogens is 1. The number of hydrogen-bond donors (Lipinski definition) is 2. The molecule has 0 radical (unpaired) electrons. The van der Waals surface area contributed by atoms with E-state index in [0.29, 0.717) is 12.2 Å². The van der Waals surface area contributed by atoms with Crippen molar-refractivity contribution in [2.75, 3.05) is 46.2 Å². The fourth-order valence-electron chi connectivity index (χ4n) is 2.53. The Morgan fingerprint density at radius 3 is 2.81 bits per heavy atom. The molecular formula is C20H28N4O2. The smallest absolute Gasteiger partial charge is 0.269 e. The molecule has 0 atom stereocenters. The van der Waals surface area contributed by atoms with Crippen molar-refractivity contribution >= 4 is 11.6 Å². The van der Waals surface area contributed by atoms with E-state index in [1.807, 2.05) is 30.3 Å². The van der Waals surface area contributed by atoms with Gasteiger partial charge in [0.25, 0.3) is 5.91 Å². The highest BCUT2D eigenvalue weighted by molar-refractivity contribution is 5.93. The largest absolute Gasteiger partial charge is 0.497 e. The van der Waals surface area contributed by atoms with E-state index in [4.69, 9.17) is 4.74 Å². The summed E-state index contributed by atoms with van der Waals surface area (Å²) < 4.78 is 5.21. The van der Waals surface area contributed by atoms with Gasteiger partial charge in [-0.1, -0.05) is 12.1 Å². The number of amides is 1. The second-order valence-corrected chi connectivity index (χ2v) is 6.37. The van der Waals surface area contributed by atoms with Gasteiger partial charge in [0.2, 0.25) is 0 Å². The Balaban J connectivity index is 1.80. The van der Waals surface area contributed by atoms with Crippen LogP contribution in [0.2, 0.25) is 0 Å². The monoisotopic (exact) mass is 356 g/mol. The van der Waals surface area contributed by atoms with Crippen molar-refractivity contribution in [2.45, 2.75) is 12.8 Å². The van der Waals surface area contributed by atoms with Crippen LogP contribution in [0, 0.1) is 0 Å². The standard InChI is InChI=1S/C20H28N4O2/c1-24(2)13-5-10-21-17-9-12-22-19(15-17)20(25)23-11-8-16-6-4-7-18(14-16)26-3/h4,6-7,9,12,14-15H,5,8,10-11,13H2,1-3H3,(H,21,22)(H,23,25). The van der Waals surface area contributed by atoms with Gasteiger partial charge in [-0.25, -0.2) is 0 Å². The quantitative estimate of drug-likeness (QED) is 0.640. The minimum Gasteiger partial charge on any atom is -0.497 e. The molecule has 0 spiro atoms. The number of methoxy groups -OCH3 is 1. The maximum Gasteiger partial charge on any atom is 0.269 e. The van der Waals surface area contributed by atoms with Gasteiger partial charge in [-0.05, 0) is 63.3 Å². The van der Waals surface area contributed by atoms with E-state index in [1.165, 1.54) is 0 Å². The predicted octanol–water partition coefficient (Wildman–Crippen LogP) is 2.43. The third kappa shape index (κ3) is 6.72. The average molecular weight is 356 g/mol. The summed E-state index contributed by atoms with van der Waals surface area (Å²) in [5.41, 5.74) is 2.46. The number of pyridine rings is 1. The first-order chi connectivity index (χ1) is 12.6. The maximum absolute atomic E-state index is 12.3. The molecule has 0 bridgehead atoms. The Kier molecular flexibility index (Phi) is 7.89. The topological polar surface area (TPSA) is 66.5 Å². The van der Waals surface area contributed by atoms with Crippen LogP contribution in [0.5, 0.6) is 5.75 Å². The fourth-order valence-corrected chi connectivity index (χ4v) is 2.53. The van der Waals surface area contributed by atoms with Crippen molar-refractivity contribution in [3.63, 3.8) is 0 Å². The number of rotatable bonds is 10. The van der Waals surface area contributed by atoms with Gasteiger partial charge in [-0.3, -0.25) is 9.78 Å². The lowest BCUT2D eigenvalue weighted by molar-refractivity contribution is 0.0949. The van der Waals surface area contributed by atoms with Crippen molar-refractivity contribution in [2.24, 2.45) is 0 Å². The van der Waals surface area contributed by atoms with Crippen LogP contribution in [0.25, 0.3) is 0 Å². The maximum atomic E-state index is 12.3. The van der Waals surface area contributed by atoms with Crippen LogP contribution in [0.1, 0.15) is 22.5 Å². The normalized spacial score (nSPS) is 10.6. The molecule has 1 aromatic carbocycles. The molecule has 0 fully saturated rings. The molecule has 0 aliphatic carbocycles. The number of nitrogens with one attached hydrogen (secondary N) is 2. The van der Waals surface area contributed by atoms with Crippen LogP contribution in [0.4, 0.5) is 5.69 Å². The molecule has 1 amide bonds. The molecule has 2 N–H and O–H groups in total. The SMILES string of the molecule is COc1cccc(CCNC(=O)c2cc(NCCCN(C)C)ccn2)c1. The molecule has 1 heterocycles. The molecular weight excluding hydrogens is 328 g/mol. The molecule has 0 saturated heterocycles. The van der Waals surface area contributed by atoms with E-state index in [0.717, 1.165) is 42.9 Å². The predicted molar refractivity (Wildman–Crippen MR) is 105 cm³/mol. The van der Waals surface area contributed by atoms with Crippen LogP contribution in [-0.2, 0) is 6.42 Å². The number of ether oxygens (including phenoxy) is 1. The summed E-state index contributed by atoms with van der Waals surface area (Å²) in [5.74, 6) is 0.661. The van der Waals surface area contributed by atoms with Crippen molar-refractivity contribution in [3.8, 4) is 5.75 Å². The molecule has 6 heteroatoms. The Morgan fingerprint density at radius 2 is 2.04 bits per heavy atom. The molecule has 0 saturated carbocycles. The molecule has 140 valence electrons. The number of benzene rings is 1. The first-order valence-corrected chi connectivity index (χ1v) is 8.84. The molecule has 0 unspecified atom stereocenters. The molecule has 0 aliphatic rings. The van der Waals surface area contributed by atoms with Gasteiger partial charge in [-0.15, -0.1) is 0 Å².